The van der Waals surface area contributed by atoms with E-state index in [2.05, 4.69) is 41.9 Å². The number of rotatable bonds is 6. The number of nitrogens with one attached hydrogen (secondary N) is 1. The van der Waals surface area contributed by atoms with E-state index < -0.39 is 0 Å². The van der Waals surface area contributed by atoms with Crippen molar-refractivity contribution in [1.29, 1.82) is 0 Å². The molecule has 0 saturated carbocycles. The summed E-state index contributed by atoms with van der Waals surface area (Å²) in [5.41, 5.74) is 1.26. The van der Waals surface area contributed by atoms with Crippen molar-refractivity contribution in [3.63, 3.8) is 0 Å². The van der Waals surface area contributed by atoms with Gasteiger partial charge in [0.1, 0.15) is 0 Å². The van der Waals surface area contributed by atoms with Gasteiger partial charge in [0.25, 0.3) is 0 Å². The number of hydrogen-bond donors (Lipinski definition) is 1. The van der Waals surface area contributed by atoms with Gasteiger partial charge in [-0.25, -0.2) is 0 Å². The van der Waals surface area contributed by atoms with Gasteiger partial charge in [0.05, 0.1) is 23.9 Å². The second-order valence-corrected chi connectivity index (χ2v) is 5.08. The van der Waals surface area contributed by atoms with Gasteiger partial charge in [0, 0.05) is 12.7 Å². The summed E-state index contributed by atoms with van der Waals surface area (Å²) in [7, 11) is 0. The van der Waals surface area contributed by atoms with Crippen molar-refractivity contribution in [2.75, 3.05) is 6.54 Å². The summed E-state index contributed by atoms with van der Waals surface area (Å²) in [6, 6.07) is 2.39. The van der Waals surface area contributed by atoms with E-state index in [0.29, 0.717) is 6.10 Å². The number of aromatic nitrogens is 2. The van der Waals surface area contributed by atoms with E-state index in [0.717, 1.165) is 32.4 Å². The predicted octanol–water partition coefficient (Wildman–Crippen LogP) is 2.51. The molecule has 1 fully saturated rings. The molecule has 1 saturated heterocycles. The lowest BCUT2D eigenvalue weighted by atomic mass is 10.0. The van der Waals surface area contributed by atoms with Crippen molar-refractivity contribution in [3.8, 4) is 0 Å². The topological polar surface area (TPSA) is 39.1 Å². The minimum absolute atomic E-state index is 0.272. The lowest BCUT2D eigenvalue weighted by molar-refractivity contribution is 0.0299. The number of aryl methyl sites for hydroxylation is 1. The van der Waals surface area contributed by atoms with Gasteiger partial charge in [-0.1, -0.05) is 13.8 Å². The van der Waals surface area contributed by atoms with Gasteiger partial charge < -0.3 is 10.1 Å². The Morgan fingerprint density at radius 1 is 1.50 bits per heavy atom. The van der Waals surface area contributed by atoms with Crippen LogP contribution in [0.1, 0.15) is 51.8 Å². The van der Waals surface area contributed by atoms with Crippen LogP contribution in [0.25, 0.3) is 0 Å². The Labute approximate surface area is 110 Å². The Morgan fingerprint density at radius 2 is 2.33 bits per heavy atom. The number of ether oxygens (including phenoxy) is 1. The van der Waals surface area contributed by atoms with Crippen LogP contribution in [0.5, 0.6) is 0 Å². The summed E-state index contributed by atoms with van der Waals surface area (Å²) in [5.74, 6) is 0. The molecule has 1 N–H and O–H groups in total. The third kappa shape index (κ3) is 2.93. The molecule has 102 valence electrons. The largest absolute Gasteiger partial charge is 0.373 e. The van der Waals surface area contributed by atoms with Gasteiger partial charge in [-0.3, -0.25) is 4.68 Å². The van der Waals surface area contributed by atoms with Crippen molar-refractivity contribution in [2.24, 2.45) is 0 Å². The second kappa shape index (κ2) is 6.34. The predicted molar refractivity (Wildman–Crippen MR) is 72.5 cm³/mol. The highest BCUT2D eigenvalue weighted by Gasteiger charge is 2.31. The minimum atomic E-state index is 0.272. The Hall–Kier alpha value is -0.870. The maximum absolute atomic E-state index is 6.03. The first-order valence-corrected chi connectivity index (χ1v) is 7.16. The zero-order valence-electron chi connectivity index (χ0n) is 11.7. The molecule has 3 atom stereocenters. The molecular weight excluding hydrogens is 226 g/mol. The van der Waals surface area contributed by atoms with E-state index >= 15 is 0 Å². The summed E-state index contributed by atoms with van der Waals surface area (Å²) in [4.78, 5) is 0. The molecule has 1 aromatic rings. The van der Waals surface area contributed by atoms with Crippen molar-refractivity contribution >= 4 is 0 Å². The third-order valence-corrected chi connectivity index (χ3v) is 3.56. The Morgan fingerprint density at radius 3 is 2.94 bits per heavy atom. The van der Waals surface area contributed by atoms with E-state index in [1.54, 1.807) is 0 Å². The highest BCUT2D eigenvalue weighted by atomic mass is 16.5. The van der Waals surface area contributed by atoms with Crippen molar-refractivity contribution in [3.05, 3.63) is 18.0 Å². The van der Waals surface area contributed by atoms with Crippen LogP contribution in [-0.2, 0) is 11.3 Å². The molecule has 1 aliphatic rings. The Balaban J connectivity index is 2.15. The van der Waals surface area contributed by atoms with Crippen LogP contribution < -0.4 is 5.32 Å². The number of nitrogens with zero attached hydrogens (tertiary/aromatic N) is 2. The zero-order valence-corrected chi connectivity index (χ0v) is 11.7. The van der Waals surface area contributed by atoms with Crippen LogP contribution in [0.4, 0.5) is 0 Å². The van der Waals surface area contributed by atoms with Gasteiger partial charge in [-0.15, -0.1) is 0 Å². The SMILES string of the molecule is CCCn1nccc1C(NCC)C1CCC(C)O1. The summed E-state index contributed by atoms with van der Waals surface area (Å²) < 4.78 is 8.14. The lowest BCUT2D eigenvalue weighted by Crippen LogP contribution is -2.34. The smallest absolute Gasteiger partial charge is 0.0789 e. The molecule has 18 heavy (non-hydrogen) atoms. The van der Waals surface area contributed by atoms with Crippen LogP contribution >= 0.6 is 0 Å². The van der Waals surface area contributed by atoms with Crippen molar-refractivity contribution in [2.45, 2.75) is 64.8 Å². The molecule has 2 heterocycles. The highest BCUT2D eigenvalue weighted by molar-refractivity contribution is 5.10. The first-order chi connectivity index (χ1) is 8.76. The number of likely N-dealkylation sites (N-methyl/N-ethyl adjacent to an activating group) is 1. The molecule has 3 unspecified atom stereocenters. The standard InChI is InChI=1S/C14H25N3O/c1-4-10-17-12(8-9-16-17)14(15-5-2)13-7-6-11(3)18-13/h8-9,11,13-15H,4-7,10H2,1-3H3. The molecule has 0 aliphatic carbocycles. The van der Waals surface area contributed by atoms with Crippen LogP contribution in [0, 0.1) is 0 Å². The van der Waals surface area contributed by atoms with Crippen molar-refractivity contribution in [1.82, 2.24) is 15.1 Å². The summed E-state index contributed by atoms with van der Waals surface area (Å²) in [5, 5.41) is 7.98. The average molecular weight is 251 g/mol. The van der Waals surface area contributed by atoms with Gasteiger partial charge in [0.2, 0.25) is 0 Å². The maximum Gasteiger partial charge on any atom is 0.0789 e. The van der Waals surface area contributed by atoms with Crippen LogP contribution in [0.15, 0.2) is 12.3 Å². The molecular formula is C14H25N3O. The lowest BCUT2D eigenvalue weighted by Gasteiger charge is -2.25. The molecule has 0 aromatic carbocycles. The Bertz CT molecular complexity index is 364. The van der Waals surface area contributed by atoms with E-state index in [4.69, 9.17) is 4.74 Å². The second-order valence-electron chi connectivity index (χ2n) is 5.08. The van der Waals surface area contributed by atoms with Gasteiger partial charge in [-0.2, -0.15) is 5.10 Å². The molecule has 0 amide bonds. The fourth-order valence-corrected chi connectivity index (χ4v) is 2.73. The molecule has 2 rings (SSSR count). The van der Waals surface area contributed by atoms with Crippen LogP contribution in [-0.4, -0.2) is 28.5 Å². The molecule has 1 aliphatic heterocycles. The fraction of sp³-hybridized carbons (Fsp3) is 0.786. The monoisotopic (exact) mass is 251 g/mol. The molecule has 1 aromatic heterocycles. The highest BCUT2D eigenvalue weighted by Crippen LogP contribution is 2.30. The minimum Gasteiger partial charge on any atom is -0.373 e. The zero-order chi connectivity index (χ0) is 13.0. The van der Waals surface area contributed by atoms with E-state index in [1.165, 1.54) is 5.69 Å². The van der Waals surface area contributed by atoms with E-state index in [9.17, 15) is 0 Å². The van der Waals surface area contributed by atoms with Crippen LogP contribution in [0.3, 0.4) is 0 Å². The van der Waals surface area contributed by atoms with Gasteiger partial charge >= 0.3 is 0 Å². The van der Waals surface area contributed by atoms with E-state index in [1.807, 2.05) is 6.20 Å². The quantitative estimate of drug-likeness (QED) is 0.844. The van der Waals surface area contributed by atoms with Gasteiger partial charge in [0.15, 0.2) is 0 Å². The van der Waals surface area contributed by atoms with Crippen molar-refractivity contribution < 1.29 is 4.74 Å². The molecule has 4 nitrogen and oxygen atoms in total. The normalized spacial score (nSPS) is 25.5. The molecule has 0 radical (unpaired) electrons. The molecule has 4 heteroatoms. The summed E-state index contributed by atoms with van der Waals surface area (Å²) in [6.45, 7) is 8.42. The molecule has 0 spiro atoms. The van der Waals surface area contributed by atoms with E-state index in [-0.39, 0.29) is 12.1 Å². The third-order valence-electron chi connectivity index (χ3n) is 3.56. The summed E-state index contributed by atoms with van der Waals surface area (Å²) >= 11 is 0. The maximum atomic E-state index is 6.03. The fourth-order valence-electron chi connectivity index (χ4n) is 2.73. The summed E-state index contributed by atoms with van der Waals surface area (Å²) in [6.07, 6.45) is 5.97. The first-order valence-electron chi connectivity index (χ1n) is 7.16. The van der Waals surface area contributed by atoms with Gasteiger partial charge in [-0.05, 0) is 38.8 Å². The van der Waals surface area contributed by atoms with Crippen LogP contribution in [0.2, 0.25) is 0 Å². The number of hydrogen-bond acceptors (Lipinski definition) is 3. The first kappa shape index (κ1) is 13.6. The molecule has 0 bridgehead atoms. The Kier molecular flexibility index (Phi) is 4.78. The average Bonchev–Trinajstić information content (AvgIpc) is 2.96.